The topological polar surface area (TPSA) is 121 Å². The van der Waals surface area contributed by atoms with Crippen molar-refractivity contribution in [2.24, 2.45) is 0 Å². The normalized spacial score (nSPS) is 11.5. The monoisotopic (exact) mass is 448 g/mol. The van der Waals surface area contributed by atoms with Gasteiger partial charge >= 0.3 is 0 Å². The Morgan fingerprint density at radius 2 is 1.96 bits per heavy atom. The van der Waals surface area contributed by atoms with E-state index in [0.717, 1.165) is 0 Å². The second-order valence-corrected chi connectivity index (χ2v) is 8.35. The van der Waals surface area contributed by atoms with Crippen LogP contribution in [-0.4, -0.2) is 23.4 Å². The molecule has 3 rings (SSSR count). The molecule has 0 saturated heterocycles. The predicted octanol–water partition coefficient (Wildman–Crippen LogP) is 3.56. The molecule has 0 atom stereocenters. The molecule has 3 aromatic rings. The summed E-state index contributed by atoms with van der Waals surface area (Å²) in [6, 6.07) is 4.31. The van der Waals surface area contributed by atoms with Crippen molar-refractivity contribution in [2.45, 2.75) is 17.3 Å². The average Bonchev–Trinajstić information content (AvgIpc) is 3.02. The first-order valence-corrected chi connectivity index (χ1v) is 10.1. The van der Waals surface area contributed by atoms with Gasteiger partial charge in [0.2, 0.25) is 5.88 Å². The Bertz CT molecular complexity index is 1090. The summed E-state index contributed by atoms with van der Waals surface area (Å²) < 4.78 is 35.9. The van der Waals surface area contributed by atoms with Crippen LogP contribution in [0.5, 0.6) is 5.88 Å². The van der Waals surface area contributed by atoms with E-state index in [9.17, 15) is 8.42 Å². The smallest absolute Gasteiger partial charge is 0.292 e. The van der Waals surface area contributed by atoms with E-state index >= 15 is 0 Å². The predicted molar refractivity (Wildman–Crippen MR) is 99.6 cm³/mol. The van der Waals surface area contributed by atoms with E-state index in [4.69, 9.17) is 49.7 Å². The summed E-state index contributed by atoms with van der Waals surface area (Å²) in [6.07, 6.45) is 2.52. The maximum Gasteiger partial charge on any atom is 0.292 e. The summed E-state index contributed by atoms with van der Waals surface area (Å²) in [7, 11) is -3.88. The first kappa shape index (κ1) is 19.7. The van der Waals surface area contributed by atoms with Crippen molar-refractivity contribution in [3.63, 3.8) is 0 Å². The van der Waals surface area contributed by atoms with Gasteiger partial charge < -0.3 is 14.9 Å². The number of hydrogen-bond acceptors (Lipinski definition) is 8. The van der Waals surface area contributed by atoms with Crippen LogP contribution in [-0.2, 0) is 22.2 Å². The molecule has 2 aromatic heterocycles. The number of halogens is 3. The Balaban J connectivity index is 1.89. The first-order valence-electron chi connectivity index (χ1n) is 7.27. The van der Waals surface area contributed by atoms with Gasteiger partial charge in [0, 0.05) is 0 Å². The largest absolute Gasteiger partial charge is 0.470 e. The van der Waals surface area contributed by atoms with Crippen LogP contribution in [0.3, 0.4) is 0 Å². The number of oxazole rings is 1. The highest BCUT2D eigenvalue weighted by Crippen LogP contribution is 2.32. The van der Waals surface area contributed by atoms with Gasteiger partial charge in [0.15, 0.2) is 15.0 Å². The molecular weight excluding hydrogens is 439 g/mol. The van der Waals surface area contributed by atoms with Gasteiger partial charge in [-0.05, 0) is 12.1 Å². The van der Waals surface area contributed by atoms with Crippen LogP contribution in [0.15, 0.2) is 40.0 Å². The van der Waals surface area contributed by atoms with Crippen molar-refractivity contribution in [3.05, 3.63) is 57.2 Å². The summed E-state index contributed by atoms with van der Waals surface area (Å²) >= 11 is 17.8. The van der Waals surface area contributed by atoms with Gasteiger partial charge in [-0.3, -0.25) is 4.98 Å². The van der Waals surface area contributed by atoms with E-state index in [1.807, 2.05) is 0 Å². The number of nitrogens with zero attached hydrogens (tertiary/aromatic N) is 3. The number of sulfone groups is 1. The Kier molecular flexibility index (Phi) is 5.75. The molecule has 0 spiro atoms. The number of nitrogen functional groups attached to an aromatic ring is 1. The lowest BCUT2D eigenvalue weighted by Gasteiger charge is -2.11. The standard InChI is InChI=1S/C15H11Cl3N4O4S/c16-9-2-1-3-11(13(9)18)27(23,24)7-10-14(22-12(17)4-20-10)25-5-8-6-26-15(19)21-8/h1-4,6H,5,7H2,(H2,19,21). The van der Waals surface area contributed by atoms with Crippen molar-refractivity contribution in [1.29, 1.82) is 0 Å². The maximum absolute atomic E-state index is 12.7. The lowest BCUT2D eigenvalue weighted by molar-refractivity contribution is 0.284. The zero-order chi connectivity index (χ0) is 19.6. The van der Waals surface area contributed by atoms with Crippen molar-refractivity contribution in [1.82, 2.24) is 15.0 Å². The fraction of sp³-hybridized carbons (Fsp3) is 0.133. The van der Waals surface area contributed by atoms with E-state index in [1.54, 1.807) is 0 Å². The first-order chi connectivity index (χ1) is 12.8. The minimum atomic E-state index is -3.88. The Hall–Kier alpha value is -2.07. The Morgan fingerprint density at radius 1 is 1.19 bits per heavy atom. The highest BCUT2D eigenvalue weighted by molar-refractivity contribution is 7.90. The van der Waals surface area contributed by atoms with Gasteiger partial charge in [-0.15, -0.1) is 0 Å². The number of rotatable bonds is 6. The third-order valence-corrected chi connectivity index (χ3v) is 6.06. The molecule has 0 saturated carbocycles. The van der Waals surface area contributed by atoms with Crippen LogP contribution < -0.4 is 10.5 Å². The Labute approximate surface area is 169 Å². The van der Waals surface area contributed by atoms with Gasteiger partial charge in [0.05, 0.1) is 21.1 Å². The minimum absolute atomic E-state index is 0.0239. The minimum Gasteiger partial charge on any atom is -0.470 e. The van der Waals surface area contributed by atoms with E-state index in [0.29, 0.717) is 5.69 Å². The molecule has 0 aliphatic heterocycles. The molecule has 0 amide bonds. The number of anilines is 1. The summed E-state index contributed by atoms with van der Waals surface area (Å²) in [6.45, 7) is -0.0688. The molecule has 2 heterocycles. The van der Waals surface area contributed by atoms with E-state index in [-0.39, 0.29) is 44.3 Å². The van der Waals surface area contributed by atoms with Crippen LogP contribution in [0.25, 0.3) is 0 Å². The third-order valence-electron chi connectivity index (χ3n) is 3.29. The summed E-state index contributed by atoms with van der Waals surface area (Å²) in [4.78, 5) is 11.7. The number of ether oxygens (including phenoxy) is 1. The van der Waals surface area contributed by atoms with Crippen molar-refractivity contribution in [3.8, 4) is 5.88 Å². The molecule has 8 nitrogen and oxygen atoms in total. The fourth-order valence-electron chi connectivity index (χ4n) is 2.10. The van der Waals surface area contributed by atoms with Crippen molar-refractivity contribution in [2.75, 3.05) is 5.73 Å². The highest BCUT2D eigenvalue weighted by atomic mass is 35.5. The number of nitrogens with two attached hydrogens (primary N) is 1. The van der Waals surface area contributed by atoms with Gasteiger partial charge in [-0.25, -0.2) is 8.42 Å². The van der Waals surface area contributed by atoms with Gasteiger partial charge in [-0.1, -0.05) is 40.9 Å². The third kappa shape index (κ3) is 4.62. The molecule has 0 fully saturated rings. The zero-order valence-electron chi connectivity index (χ0n) is 13.4. The molecule has 12 heteroatoms. The molecule has 0 aliphatic carbocycles. The maximum atomic E-state index is 12.7. The number of hydrogen-bond donors (Lipinski definition) is 1. The quantitative estimate of drug-likeness (QED) is 0.606. The number of benzene rings is 1. The average molecular weight is 450 g/mol. The lowest BCUT2D eigenvalue weighted by atomic mass is 10.4. The highest BCUT2D eigenvalue weighted by Gasteiger charge is 2.24. The molecule has 142 valence electrons. The molecule has 0 unspecified atom stereocenters. The van der Waals surface area contributed by atoms with Crippen molar-refractivity contribution >= 4 is 50.7 Å². The molecular formula is C15H11Cl3N4O4S. The SMILES string of the molecule is Nc1nc(COc2nc(Cl)cnc2CS(=O)(=O)c2cccc(Cl)c2Cl)co1. The molecule has 0 bridgehead atoms. The van der Waals surface area contributed by atoms with Crippen LogP contribution in [0.4, 0.5) is 6.01 Å². The lowest BCUT2D eigenvalue weighted by Crippen LogP contribution is -2.10. The van der Waals surface area contributed by atoms with Gasteiger partial charge in [0.1, 0.15) is 30.0 Å². The molecule has 27 heavy (non-hydrogen) atoms. The van der Waals surface area contributed by atoms with E-state index < -0.39 is 15.6 Å². The van der Waals surface area contributed by atoms with Crippen molar-refractivity contribution < 1.29 is 17.6 Å². The molecule has 2 N–H and O–H groups in total. The molecule has 0 radical (unpaired) electrons. The molecule has 1 aromatic carbocycles. The zero-order valence-corrected chi connectivity index (χ0v) is 16.5. The van der Waals surface area contributed by atoms with Crippen LogP contribution in [0, 0.1) is 0 Å². The van der Waals surface area contributed by atoms with E-state index in [1.165, 1.54) is 30.7 Å². The van der Waals surface area contributed by atoms with Crippen LogP contribution >= 0.6 is 34.8 Å². The van der Waals surface area contributed by atoms with Crippen LogP contribution in [0.1, 0.15) is 11.4 Å². The van der Waals surface area contributed by atoms with Crippen LogP contribution in [0.2, 0.25) is 15.2 Å². The van der Waals surface area contributed by atoms with E-state index in [2.05, 4.69) is 15.0 Å². The summed E-state index contributed by atoms with van der Waals surface area (Å²) in [5.74, 6) is -0.584. The fourth-order valence-corrected chi connectivity index (χ4v) is 4.32. The van der Waals surface area contributed by atoms with Gasteiger partial charge in [-0.2, -0.15) is 9.97 Å². The summed E-state index contributed by atoms with van der Waals surface area (Å²) in [5, 5.41) is 0.0910. The van der Waals surface area contributed by atoms with Gasteiger partial charge in [0.25, 0.3) is 6.01 Å². The summed E-state index contributed by atoms with van der Waals surface area (Å²) in [5.41, 5.74) is 5.83. The molecule has 0 aliphatic rings. The Morgan fingerprint density at radius 3 is 2.67 bits per heavy atom. The number of aromatic nitrogens is 3. The second kappa shape index (κ2) is 7.89. The second-order valence-electron chi connectivity index (χ2n) is 5.22.